The van der Waals surface area contributed by atoms with Gasteiger partial charge in [-0.25, -0.2) is 5.01 Å². The van der Waals surface area contributed by atoms with Gasteiger partial charge in [-0.3, -0.25) is 10.2 Å². The van der Waals surface area contributed by atoms with E-state index in [0.717, 1.165) is 0 Å². The van der Waals surface area contributed by atoms with Gasteiger partial charge in [0.2, 0.25) is 0 Å². The maximum atomic E-state index is 13.4. The first-order chi connectivity index (χ1) is 11.1. The number of phenols is 1. The van der Waals surface area contributed by atoms with Crippen molar-refractivity contribution in [3.63, 3.8) is 0 Å². The third kappa shape index (κ3) is 3.33. The van der Waals surface area contributed by atoms with Gasteiger partial charge in [0, 0.05) is 12.1 Å². The van der Waals surface area contributed by atoms with Crippen molar-refractivity contribution in [1.82, 2.24) is 10.4 Å². The lowest BCUT2D eigenvalue weighted by molar-refractivity contribution is -0.299. The largest absolute Gasteiger partial charge is 0.507 e. The molecule has 0 radical (unpaired) electrons. The van der Waals surface area contributed by atoms with E-state index < -0.39 is 30.0 Å². The highest BCUT2D eigenvalue weighted by Crippen LogP contribution is 2.42. The van der Waals surface area contributed by atoms with Crippen LogP contribution in [0.4, 0.5) is 13.2 Å². The molecule has 1 heterocycles. The first-order valence-electron chi connectivity index (χ1n) is 7.43. The number of rotatable bonds is 3. The normalized spacial score (nSPS) is 23.0. The maximum absolute atomic E-state index is 13.4. The summed E-state index contributed by atoms with van der Waals surface area (Å²) in [7, 11) is 0. The number of aromatic hydroxyl groups is 1. The molecule has 3 N–H and O–H groups in total. The van der Waals surface area contributed by atoms with Crippen LogP contribution >= 0.6 is 0 Å². The molecule has 0 aromatic heterocycles. The van der Waals surface area contributed by atoms with E-state index in [0.29, 0.717) is 6.42 Å². The van der Waals surface area contributed by atoms with Crippen molar-refractivity contribution in [2.45, 2.75) is 38.6 Å². The van der Waals surface area contributed by atoms with Crippen molar-refractivity contribution >= 4 is 5.91 Å². The third-order valence-corrected chi connectivity index (χ3v) is 3.69. The first-order valence-corrected chi connectivity index (χ1v) is 7.43. The van der Waals surface area contributed by atoms with E-state index in [-0.39, 0.29) is 22.2 Å². The summed E-state index contributed by atoms with van der Waals surface area (Å²) < 4.78 is 40.1. The van der Waals surface area contributed by atoms with Crippen LogP contribution in [0.25, 0.3) is 0 Å². The number of amides is 1. The lowest BCUT2D eigenvalue weighted by Crippen LogP contribution is -2.59. The summed E-state index contributed by atoms with van der Waals surface area (Å²) in [5, 5.41) is 20.0. The van der Waals surface area contributed by atoms with Gasteiger partial charge >= 0.3 is 6.18 Å². The predicted molar refractivity (Wildman–Crippen MR) is 80.6 cm³/mol. The van der Waals surface area contributed by atoms with Crippen LogP contribution in [-0.2, 0) is 0 Å². The van der Waals surface area contributed by atoms with Crippen LogP contribution < -0.4 is 5.43 Å². The molecule has 0 aliphatic carbocycles. The number of allylic oxidation sites excluding steroid dienone is 1. The molecule has 1 aromatic carbocycles. The summed E-state index contributed by atoms with van der Waals surface area (Å²) >= 11 is 0. The second kappa shape index (κ2) is 6.35. The Morgan fingerprint density at radius 3 is 2.58 bits per heavy atom. The Bertz CT molecular complexity index is 658. The first kappa shape index (κ1) is 18.1. The van der Waals surface area contributed by atoms with E-state index in [4.69, 9.17) is 0 Å². The zero-order valence-corrected chi connectivity index (χ0v) is 13.3. The molecular formula is C16H19F3N2O3. The zero-order chi connectivity index (χ0) is 18.1. The maximum Gasteiger partial charge on any atom is 0.438 e. The number of para-hydroxylation sites is 1. The number of alkyl halides is 3. The molecule has 0 bridgehead atoms. The van der Waals surface area contributed by atoms with Gasteiger partial charge in [-0.1, -0.05) is 32.1 Å². The van der Waals surface area contributed by atoms with Gasteiger partial charge in [-0.05, 0) is 24.5 Å². The smallest absolute Gasteiger partial charge is 0.438 e. The number of carbonyl (C=O) groups excluding carboxylic acids is 1. The summed E-state index contributed by atoms with van der Waals surface area (Å²) in [6.07, 6.45) is -3.83. The van der Waals surface area contributed by atoms with E-state index in [9.17, 15) is 28.2 Å². The highest BCUT2D eigenvalue weighted by atomic mass is 19.4. The molecule has 1 aliphatic heterocycles. The second-order valence-corrected chi connectivity index (χ2v) is 6.12. The molecule has 1 atom stereocenters. The number of carbonyl (C=O) groups is 1. The fourth-order valence-corrected chi connectivity index (χ4v) is 2.34. The molecule has 24 heavy (non-hydrogen) atoms. The van der Waals surface area contributed by atoms with Gasteiger partial charge in [0.05, 0.1) is 5.56 Å². The standard InChI is InChI=1S/C16H19F3N2O3/c1-10(2)7-8-11-9-15(24,16(17,18)19)21(20-11)14(23)12-5-3-4-6-13(12)22/h3-6,8,10,20,22,24H,7,9H2,1-2H3. The highest BCUT2D eigenvalue weighted by molar-refractivity contribution is 5.97. The molecule has 0 saturated carbocycles. The minimum atomic E-state index is -5.06. The van der Waals surface area contributed by atoms with Crippen molar-refractivity contribution in [2.75, 3.05) is 0 Å². The van der Waals surface area contributed by atoms with Crippen molar-refractivity contribution in [3.8, 4) is 5.75 Å². The Morgan fingerprint density at radius 2 is 2.04 bits per heavy atom. The minimum absolute atomic E-state index is 0.104. The Morgan fingerprint density at radius 1 is 1.42 bits per heavy atom. The number of halogens is 3. The number of nitrogens with zero attached hydrogens (tertiary/aromatic N) is 1. The molecule has 1 amide bonds. The Kier molecular flexibility index (Phi) is 4.80. The Labute approximate surface area is 137 Å². The van der Waals surface area contributed by atoms with Gasteiger partial charge in [-0.2, -0.15) is 13.2 Å². The summed E-state index contributed by atoms with van der Waals surface area (Å²) in [6.45, 7) is 3.79. The van der Waals surface area contributed by atoms with Crippen molar-refractivity contribution < 1.29 is 28.2 Å². The van der Waals surface area contributed by atoms with Crippen LogP contribution in [-0.4, -0.2) is 33.0 Å². The van der Waals surface area contributed by atoms with Gasteiger partial charge in [0.25, 0.3) is 11.6 Å². The SMILES string of the molecule is CC(C)CC=C1CC(O)(C(F)(F)F)N(C(=O)c2ccccc2O)N1. The number of phenolic OH excluding ortho intramolecular Hbond substituents is 1. The van der Waals surface area contributed by atoms with Crippen LogP contribution in [0.1, 0.15) is 37.0 Å². The Hall–Kier alpha value is -2.22. The lowest BCUT2D eigenvalue weighted by atomic mass is 10.0. The summed E-state index contributed by atoms with van der Waals surface area (Å²) in [5.74, 6) is -1.42. The Balaban J connectivity index is 2.39. The molecule has 1 fully saturated rings. The molecule has 2 rings (SSSR count). The number of nitrogens with one attached hydrogen (secondary N) is 1. The summed E-state index contributed by atoms with van der Waals surface area (Å²) in [5.41, 5.74) is -1.28. The van der Waals surface area contributed by atoms with Crippen LogP contribution in [0.3, 0.4) is 0 Å². The van der Waals surface area contributed by atoms with Crippen LogP contribution in [0.2, 0.25) is 0 Å². The average molecular weight is 344 g/mol. The average Bonchev–Trinajstić information content (AvgIpc) is 2.83. The lowest BCUT2D eigenvalue weighted by Gasteiger charge is -2.33. The van der Waals surface area contributed by atoms with E-state index in [1.165, 1.54) is 30.3 Å². The second-order valence-electron chi connectivity index (χ2n) is 6.12. The van der Waals surface area contributed by atoms with Crippen LogP contribution in [0, 0.1) is 5.92 Å². The number of hydrazine groups is 1. The molecule has 0 spiro atoms. The fourth-order valence-electron chi connectivity index (χ4n) is 2.34. The van der Waals surface area contributed by atoms with Crippen LogP contribution in [0.5, 0.6) is 5.75 Å². The van der Waals surface area contributed by atoms with Crippen molar-refractivity contribution in [1.29, 1.82) is 0 Å². The van der Waals surface area contributed by atoms with E-state index in [1.54, 1.807) is 0 Å². The van der Waals surface area contributed by atoms with Gasteiger partial charge in [0.15, 0.2) is 0 Å². The molecular weight excluding hydrogens is 325 g/mol. The predicted octanol–water partition coefficient (Wildman–Crippen LogP) is 2.92. The summed E-state index contributed by atoms with van der Waals surface area (Å²) in [4.78, 5) is 12.4. The van der Waals surface area contributed by atoms with E-state index in [2.05, 4.69) is 5.43 Å². The van der Waals surface area contributed by atoms with Gasteiger partial charge in [-0.15, -0.1) is 0 Å². The van der Waals surface area contributed by atoms with Gasteiger partial charge < -0.3 is 10.2 Å². The molecule has 1 aromatic rings. The molecule has 1 aliphatic rings. The van der Waals surface area contributed by atoms with E-state index >= 15 is 0 Å². The minimum Gasteiger partial charge on any atom is -0.507 e. The van der Waals surface area contributed by atoms with Crippen molar-refractivity contribution in [2.24, 2.45) is 5.92 Å². The molecule has 5 nitrogen and oxygen atoms in total. The molecule has 8 heteroatoms. The topological polar surface area (TPSA) is 72.8 Å². The number of aliphatic hydroxyl groups is 1. The quantitative estimate of drug-likeness (QED) is 0.788. The molecule has 1 saturated heterocycles. The number of benzene rings is 1. The summed E-state index contributed by atoms with van der Waals surface area (Å²) in [6, 6.07) is 5.22. The van der Waals surface area contributed by atoms with Crippen LogP contribution in [0.15, 0.2) is 36.0 Å². The third-order valence-electron chi connectivity index (χ3n) is 3.69. The monoisotopic (exact) mass is 344 g/mol. The molecule has 132 valence electrons. The number of hydrogen-bond donors (Lipinski definition) is 3. The zero-order valence-electron chi connectivity index (χ0n) is 13.3. The van der Waals surface area contributed by atoms with E-state index in [1.807, 2.05) is 13.8 Å². The molecule has 1 unspecified atom stereocenters. The van der Waals surface area contributed by atoms with Crippen molar-refractivity contribution in [3.05, 3.63) is 41.6 Å². The number of hydrogen-bond acceptors (Lipinski definition) is 4. The fraction of sp³-hybridized carbons (Fsp3) is 0.438. The van der Waals surface area contributed by atoms with Gasteiger partial charge in [0.1, 0.15) is 5.75 Å². The highest BCUT2D eigenvalue weighted by Gasteiger charge is 2.63.